The van der Waals surface area contributed by atoms with E-state index in [1.807, 2.05) is 75.3 Å². The first-order chi connectivity index (χ1) is 30.7. The average Bonchev–Trinajstić information content (AvgIpc) is 4.12. The summed E-state index contributed by atoms with van der Waals surface area (Å²) >= 11 is 0. The maximum atomic E-state index is 10.3. The summed E-state index contributed by atoms with van der Waals surface area (Å²) in [6.07, 6.45) is 1.28. The minimum absolute atomic E-state index is 0.0259. The second-order valence-corrected chi connectivity index (χ2v) is 20.3. The quantitative estimate of drug-likeness (QED) is 0.191. The van der Waals surface area contributed by atoms with Crippen LogP contribution in [0, 0.1) is 11.8 Å². The number of rotatable bonds is 12. The topological polar surface area (TPSA) is 210 Å². The summed E-state index contributed by atoms with van der Waals surface area (Å²) in [7, 11) is 3.16. The molecule has 0 amide bonds. The van der Waals surface area contributed by atoms with Gasteiger partial charge in [0.2, 0.25) is 0 Å². The second kappa shape index (κ2) is 20.5. The molecule has 18 heteroatoms. The van der Waals surface area contributed by atoms with Crippen molar-refractivity contribution in [2.45, 2.75) is 242 Å². The van der Waals surface area contributed by atoms with Gasteiger partial charge < -0.3 is 86.7 Å². The number of hydrogen-bond acceptors (Lipinski definition) is 18. The van der Waals surface area contributed by atoms with Gasteiger partial charge in [0.05, 0.1) is 24.9 Å². The van der Waals surface area contributed by atoms with Gasteiger partial charge in [-0.2, -0.15) is 0 Å². The third kappa shape index (κ3) is 10.3. The maximum Gasteiger partial charge on any atom is 0.190 e. The van der Waals surface area contributed by atoms with Crippen molar-refractivity contribution >= 4 is 0 Å². The molecule has 2 unspecified atom stereocenters. The van der Waals surface area contributed by atoms with Crippen LogP contribution in [0.4, 0.5) is 0 Å². The lowest BCUT2D eigenvalue weighted by molar-refractivity contribution is -0.264. The predicted octanol–water partition coefficient (Wildman–Crippen LogP) is 4.95. The largest absolute Gasteiger partial charge is 0.394 e. The molecule has 0 aromatic rings. The van der Waals surface area contributed by atoms with E-state index in [2.05, 4.69) is 27.0 Å². The summed E-state index contributed by atoms with van der Waals surface area (Å²) in [6.45, 7) is 33.9. The summed E-state index contributed by atoms with van der Waals surface area (Å²) < 4.78 is 80.4. The molecule has 0 radical (unpaired) electrons. The van der Waals surface area contributed by atoms with Crippen LogP contribution in [0.15, 0.2) is 25.3 Å². The van der Waals surface area contributed by atoms with Crippen LogP contribution in [0.5, 0.6) is 0 Å². The first kappa shape index (κ1) is 55.7. The van der Waals surface area contributed by atoms with E-state index in [1.54, 1.807) is 34.1 Å². The molecule has 0 saturated carbocycles. The lowest BCUT2D eigenvalue weighted by atomic mass is 9.85. The molecule has 0 aliphatic carbocycles. The van der Waals surface area contributed by atoms with E-state index in [0.29, 0.717) is 19.3 Å². The number of ether oxygens (including phenoxy) is 14. The summed E-state index contributed by atoms with van der Waals surface area (Å²) in [5, 5.41) is 38.9. The van der Waals surface area contributed by atoms with E-state index in [1.165, 1.54) is 0 Å². The molecule has 18 nitrogen and oxygen atoms in total. The molecule has 0 aromatic heterocycles. The Hall–Kier alpha value is -1.24. The fraction of sp³-hybridized carbons (Fsp3) is 0.917. The van der Waals surface area contributed by atoms with Gasteiger partial charge in [-0.25, -0.2) is 0 Å². The lowest BCUT2D eigenvalue weighted by Gasteiger charge is -2.38. The fourth-order valence-electron chi connectivity index (χ4n) is 10.8. The van der Waals surface area contributed by atoms with Crippen molar-refractivity contribution in [1.82, 2.24) is 0 Å². The van der Waals surface area contributed by atoms with Crippen molar-refractivity contribution in [2.75, 3.05) is 27.4 Å². The summed E-state index contributed by atoms with van der Waals surface area (Å²) in [5.74, 6) is -2.20. The Morgan fingerprint density at radius 2 is 0.818 bits per heavy atom. The second-order valence-electron chi connectivity index (χ2n) is 20.3. The Kier molecular flexibility index (Phi) is 17.3. The van der Waals surface area contributed by atoms with Crippen LogP contribution in [0.25, 0.3) is 0 Å². The molecule has 18 atom stereocenters. The van der Waals surface area contributed by atoms with Crippen molar-refractivity contribution < 1.29 is 86.7 Å². The average molecular weight is 949 g/mol. The normalized spacial score (nSPS) is 45.8. The Morgan fingerprint density at radius 3 is 1.11 bits per heavy atom. The van der Waals surface area contributed by atoms with Gasteiger partial charge in [0.15, 0.2) is 48.3 Å². The van der Waals surface area contributed by atoms with Gasteiger partial charge in [0.25, 0.3) is 0 Å². The van der Waals surface area contributed by atoms with E-state index < -0.39 is 89.8 Å². The van der Waals surface area contributed by atoms with Crippen LogP contribution in [0.1, 0.15) is 123 Å². The molecule has 66 heavy (non-hydrogen) atoms. The molecular weight excluding hydrogens is 865 g/mol. The van der Waals surface area contributed by atoms with Gasteiger partial charge >= 0.3 is 0 Å². The highest BCUT2D eigenvalue weighted by Gasteiger charge is 2.66. The Balaban J connectivity index is 0.000000166. The van der Waals surface area contributed by atoms with Gasteiger partial charge in [-0.05, 0) is 81.1 Å². The van der Waals surface area contributed by atoms with Crippen LogP contribution in [-0.4, -0.2) is 167 Å². The molecular formula is C48H84O18. The Morgan fingerprint density at radius 1 is 0.485 bits per heavy atom. The van der Waals surface area contributed by atoms with E-state index in [-0.39, 0.29) is 54.7 Å². The number of methoxy groups -OCH3 is 2. The number of aliphatic hydroxyl groups is 4. The van der Waals surface area contributed by atoms with E-state index in [0.717, 1.165) is 6.42 Å². The van der Waals surface area contributed by atoms with Crippen molar-refractivity contribution in [3.63, 3.8) is 0 Å². The minimum Gasteiger partial charge on any atom is -0.394 e. The van der Waals surface area contributed by atoms with Gasteiger partial charge in [-0.15, -0.1) is 13.2 Å². The SMILES string of the molecule is C=C[C@]1(CC)O[C@@H]2OC(C)(C)O[C@@H]2[C@@H]1C.C=C[C@]1(CO)O[C@@H]2OC(C)(C)O[C@@H]2[C@@H]1C.CCC(O)[C@]1(CC)O[C@@H]2OC(C)(C)O[C@@H]2[C@@H]1OC.CC[C@@]1(C(O)CO)O[C@@H]2OC(C)(C)O[C@@H]2[C@@H]1OC. The van der Waals surface area contributed by atoms with Crippen LogP contribution < -0.4 is 0 Å². The van der Waals surface area contributed by atoms with Gasteiger partial charge in [0, 0.05) is 26.1 Å². The zero-order chi connectivity index (χ0) is 49.6. The molecule has 8 rings (SSSR count). The Bertz CT molecular complexity index is 1510. The molecule has 0 aromatic carbocycles. The molecule has 8 fully saturated rings. The third-order valence-electron chi connectivity index (χ3n) is 14.6. The standard InChI is InChI=1S/C13H24O5.C12H22O6.C12H20O3.C11H18O4/c1-6-8(14)13(7-2)10(15-5)9-11(18-13)17-12(3,4)16-9;1-5-12(7(14)6-13)9(15-4)8-10(18-12)17-11(2,3)16-8;1-6-12(7-2)8(3)9-10(15-12)14-11(4,5)13-9;1-5-11(6-12)7(2)8-9(15-11)14-10(3,4)13-8/h8-11,14H,6-7H2,1-5H3;7-10,13-14H,5-6H2,1-4H3;6,8-10H,1,7H2,2-5H3;5,7-9,12H,1,6H2,2-4H3/t8?,9-,10+,11+,13+;7?,8-,9+,10+,12+;8-,9+,10-,12+;7-,8+,9-,11+/m1100/s1. The maximum absolute atomic E-state index is 10.3. The highest BCUT2D eigenvalue weighted by atomic mass is 16.9. The highest BCUT2D eigenvalue weighted by molar-refractivity contribution is 5.11. The lowest BCUT2D eigenvalue weighted by Crippen LogP contribution is -2.55. The van der Waals surface area contributed by atoms with Crippen LogP contribution in [0.2, 0.25) is 0 Å². The van der Waals surface area contributed by atoms with Crippen molar-refractivity contribution in [3.05, 3.63) is 25.3 Å². The predicted molar refractivity (Wildman–Crippen MR) is 238 cm³/mol. The molecule has 8 aliphatic heterocycles. The monoisotopic (exact) mass is 949 g/mol. The first-order valence-corrected chi connectivity index (χ1v) is 23.7. The van der Waals surface area contributed by atoms with Crippen molar-refractivity contribution in [2.24, 2.45) is 11.8 Å². The van der Waals surface area contributed by atoms with Gasteiger partial charge in [-0.1, -0.05) is 53.7 Å². The van der Waals surface area contributed by atoms with Gasteiger partial charge in [-0.3, -0.25) is 0 Å². The van der Waals surface area contributed by atoms with Crippen LogP contribution in [-0.2, 0) is 66.3 Å². The zero-order valence-electron chi connectivity index (χ0n) is 42.4. The molecule has 4 N–H and O–H groups in total. The van der Waals surface area contributed by atoms with E-state index in [9.17, 15) is 20.4 Å². The summed E-state index contributed by atoms with van der Waals surface area (Å²) in [5.41, 5.74) is -2.75. The molecule has 0 spiro atoms. The van der Waals surface area contributed by atoms with E-state index >= 15 is 0 Å². The molecule has 384 valence electrons. The van der Waals surface area contributed by atoms with Crippen LogP contribution in [0.3, 0.4) is 0 Å². The fourth-order valence-corrected chi connectivity index (χ4v) is 10.8. The molecule has 0 bridgehead atoms. The smallest absolute Gasteiger partial charge is 0.190 e. The first-order valence-electron chi connectivity index (χ1n) is 23.7. The highest BCUT2D eigenvalue weighted by Crippen LogP contribution is 2.50. The number of fused-ring (bicyclic) bond motifs is 4. The van der Waals surface area contributed by atoms with Gasteiger partial charge in [0.1, 0.15) is 59.5 Å². The zero-order valence-corrected chi connectivity index (χ0v) is 42.4. The summed E-state index contributed by atoms with van der Waals surface area (Å²) in [6, 6.07) is 0. The third-order valence-corrected chi connectivity index (χ3v) is 14.6. The van der Waals surface area contributed by atoms with Crippen molar-refractivity contribution in [1.29, 1.82) is 0 Å². The molecule has 8 aliphatic rings. The summed E-state index contributed by atoms with van der Waals surface area (Å²) in [4.78, 5) is 0. The number of aliphatic hydroxyl groups excluding tert-OH is 4. The van der Waals surface area contributed by atoms with Crippen LogP contribution >= 0.6 is 0 Å². The van der Waals surface area contributed by atoms with Crippen molar-refractivity contribution in [3.8, 4) is 0 Å². The van der Waals surface area contributed by atoms with E-state index in [4.69, 9.17) is 66.3 Å². The minimum atomic E-state index is -1.03. The number of hydrogen-bond donors (Lipinski definition) is 4. The molecule has 8 saturated heterocycles. The Labute approximate surface area is 392 Å². The molecule has 8 heterocycles.